The quantitative estimate of drug-likeness (QED) is 0.494. The van der Waals surface area contributed by atoms with E-state index in [0.717, 1.165) is 22.3 Å². The summed E-state index contributed by atoms with van der Waals surface area (Å²) < 4.78 is 1.65. The molecule has 1 aromatic heterocycles. The van der Waals surface area contributed by atoms with Gasteiger partial charge in [-0.05, 0) is 58.6 Å². The highest BCUT2D eigenvalue weighted by atomic mass is 32.2. The number of amides is 1. The van der Waals surface area contributed by atoms with E-state index in [2.05, 4.69) is 20.8 Å². The molecule has 1 heterocycles. The Morgan fingerprint density at radius 1 is 1.15 bits per heavy atom. The summed E-state index contributed by atoms with van der Waals surface area (Å²) in [5.41, 5.74) is 1.58. The van der Waals surface area contributed by atoms with Crippen LogP contribution in [0.1, 0.15) is 6.42 Å². The molecule has 3 rings (SSSR count). The van der Waals surface area contributed by atoms with Crippen LogP contribution in [0.25, 0.3) is 5.69 Å². The molecule has 2 aromatic carbocycles. The molecule has 0 saturated carbocycles. The third kappa shape index (κ3) is 4.84. The fourth-order valence-electron chi connectivity index (χ4n) is 2.12. The molecule has 0 atom stereocenters. The third-order valence-corrected chi connectivity index (χ3v) is 4.82. The number of carbonyl (C=O) groups excluding carboxylic acids is 1. The van der Waals surface area contributed by atoms with Gasteiger partial charge < -0.3 is 5.32 Å². The summed E-state index contributed by atoms with van der Waals surface area (Å²) in [6, 6.07) is 16.7. The van der Waals surface area contributed by atoms with E-state index in [1.54, 1.807) is 28.9 Å². The Balaban J connectivity index is 1.50. The molecule has 1 N–H and O–H groups in total. The second-order valence-electron chi connectivity index (χ2n) is 5.07. The number of benzene rings is 2. The van der Waals surface area contributed by atoms with Crippen molar-refractivity contribution in [2.75, 3.05) is 11.1 Å². The number of nitrogens with zero attached hydrogens (tertiary/aromatic N) is 5. The summed E-state index contributed by atoms with van der Waals surface area (Å²) in [5.74, 6) is 0.471. The van der Waals surface area contributed by atoms with Gasteiger partial charge in [-0.25, -0.2) is 0 Å². The molecular formula is C17H14N6OS2. The van der Waals surface area contributed by atoms with Crippen molar-refractivity contribution in [2.45, 2.75) is 16.5 Å². The van der Waals surface area contributed by atoms with Crippen LogP contribution in [0.5, 0.6) is 0 Å². The van der Waals surface area contributed by atoms with Crippen molar-refractivity contribution in [3.8, 4) is 11.1 Å². The van der Waals surface area contributed by atoms with Crippen LogP contribution < -0.4 is 5.32 Å². The van der Waals surface area contributed by atoms with Gasteiger partial charge in [0.2, 0.25) is 11.1 Å². The normalized spacial score (nSPS) is 10.3. The molecular weight excluding hydrogens is 368 g/mol. The molecule has 0 bridgehead atoms. The van der Waals surface area contributed by atoms with Crippen LogP contribution >= 0.6 is 23.5 Å². The summed E-state index contributed by atoms with van der Waals surface area (Å²) in [6.45, 7) is 0. The van der Waals surface area contributed by atoms with Gasteiger partial charge in [-0.15, -0.1) is 5.10 Å². The van der Waals surface area contributed by atoms with Crippen LogP contribution in [0.4, 0.5) is 5.69 Å². The number of tetrazole rings is 1. The minimum Gasteiger partial charge on any atom is -0.326 e. The number of anilines is 1. The fourth-order valence-corrected chi connectivity index (χ4v) is 3.32. The number of aromatic nitrogens is 4. The first-order valence-electron chi connectivity index (χ1n) is 7.69. The number of para-hydroxylation sites is 1. The van der Waals surface area contributed by atoms with E-state index in [1.807, 2.05) is 35.7 Å². The van der Waals surface area contributed by atoms with Crippen molar-refractivity contribution in [1.29, 1.82) is 5.26 Å². The molecule has 7 nitrogen and oxygen atoms in total. The molecule has 0 aliphatic heterocycles. The number of nitrogens with one attached hydrogen (secondary N) is 1. The lowest BCUT2D eigenvalue weighted by molar-refractivity contribution is -0.115. The van der Waals surface area contributed by atoms with Crippen molar-refractivity contribution in [3.63, 3.8) is 0 Å². The summed E-state index contributed by atoms with van der Waals surface area (Å²) in [6.07, 6.45) is 0.334. The van der Waals surface area contributed by atoms with Gasteiger partial charge in [-0.2, -0.15) is 9.94 Å². The summed E-state index contributed by atoms with van der Waals surface area (Å²) in [7, 11) is 0. The van der Waals surface area contributed by atoms with Gasteiger partial charge in [0.15, 0.2) is 0 Å². The van der Waals surface area contributed by atoms with E-state index < -0.39 is 0 Å². The molecule has 9 heteroatoms. The van der Waals surface area contributed by atoms with Crippen molar-refractivity contribution in [2.24, 2.45) is 0 Å². The first kappa shape index (κ1) is 18.0. The highest BCUT2D eigenvalue weighted by Gasteiger charge is 2.10. The van der Waals surface area contributed by atoms with Gasteiger partial charge in [0.25, 0.3) is 0 Å². The van der Waals surface area contributed by atoms with Gasteiger partial charge in [-0.3, -0.25) is 4.79 Å². The maximum atomic E-state index is 12.1. The van der Waals surface area contributed by atoms with Gasteiger partial charge >= 0.3 is 0 Å². The molecule has 0 saturated heterocycles. The molecule has 1 amide bonds. The molecule has 0 aliphatic carbocycles. The lowest BCUT2D eigenvalue weighted by Gasteiger charge is -2.06. The Labute approximate surface area is 158 Å². The number of carbonyl (C=O) groups is 1. The fraction of sp³-hybridized carbons (Fsp3) is 0.118. The second kappa shape index (κ2) is 9.03. The Morgan fingerprint density at radius 3 is 2.65 bits per heavy atom. The first-order chi connectivity index (χ1) is 12.8. The van der Waals surface area contributed by atoms with Crippen LogP contribution in [0, 0.1) is 10.7 Å². The van der Waals surface area contributed by atoms with Crippen LogP contribution in [0.15, 0.2) is 64.6 Å². The number of thiocyanates is 1. The lowest BCUT2D eigenvalue weighted by atomic mass is 10.3. The topological polar surface area (TPSA) is 96.5 Å². The monoisotopic (exact) mass is 382 g/mol. The molecule has 0 fully saturated rings. The lowest BCUT2D eigenvalue weighted by Crippen LogP contribution is -2.12. The van der Waals surface area contributed by atoms with Crippen LogP contribution in [0.3, 0.4) is 0 Å². The van der Waals surface area contributed by atoms with Crippen molar-refractivity contribution in [3.05, 3.63) is 54.6 Å². The average molecular weight is 382 g/mol. The zero-order valence-electron chi connectivity index (χ0n) is 13.6. The third-order valence-electron chi connectivity index (χ3n) is 3.30. The van der Waals surface area contributed by atoms with Crippen LogP contribution in [-0.2, 0) is 4.79 Å². The standard InChI is InChI=1S/C17H14N6OS2/c18-12-26-15-8-6-13(7-9-15)19-16(24)10-11-25-17-20-21-22-23(17)14-4-2-1-3-5-14/h1-9H,10-11H2,(H,19,24). The number of hydrogen-bond donors (Lipinski definition) is 1. The Bertz CT molecular complexity index is 905. The van der Waals surface area contributed by atoms with Crippen LogP contribution in [0.2, 0.25) is 0 Å². The molecule has 0 unspecified atom stereocenters. The molecule has 0 aliphatic rings. The summed E-state index contributed by atoms with van der Waals surface area (Å²) in [5, 5.41) is 25.8. The van der Waals surface area contributed by atoms with E-state index in [-0.39, 0.29) is 5.91 Å². The van der Waals surface area contributed by atoms with Crippen LogP contribution in [-0.4, -0.2) is 31.9 Å². The largest absolute Gasteiger partial charge is 0.326 e. The maximum absolute atomic E-state index is 12.1. The predicted octanol–water partition coefficient (Wildman–Crippen LogP) is 3.36. The van der Waals surface area contributed by atoms with E-state index in [9.17, 15) is 4.79 Å². The van der Waals surface area contributed by atoms with Gasteiger partial charge in [0, 0.05) is 22.8 Å². The van der Waals surface area contributed by atoms with E-state index in [1.165, 1.54) is 11.8 Å². The highest BCUT2D eigenvalue weighted by molar-refractivity contribution is 8.03. The molecule has 3 aromatic rings. The van der Waals surface area contributed by atoms with E-state index in [0.29, 0.717) is 23.0 Å². The number of hydrogen-bond acceptors (Lipinski definition) is 7. The zero-order chi connectivity index (χ0) is 18.2. The molecule has 0 radical (unpaired) electrons. The van der Waals surface area contributed by atoms with Crippen molar-refractivity contribution in [1.82, 2.24) is 20.2 Å². The summed E-state index contributed by atoms with van der Waals surface area (Å²) in [4.78, 5) is 12.9. The van der Waals surface area contributed by atoms with Gasteiger partial charge in [0.05, 0.1) is 5.69 Å². The average Bonchev–Trinajstić information content (AvgIpc) is 3.13. The summed E-state index contributed by atoms with van der Waals surface area (Å²) >= 11 is 2.51. The molecule has 130 valence electrons. The van der Waals surface area contributed by atoms with E-state index >= 15 is 0 Å². The molecule has 0 spiro atoms. The number of thioether (sulfide) groups is 2. The number of nitriles is 1. The smallest absolute Gasteiger partial charge is 0.225 e. The van der Waals surface area contributed by atoms with Gasteiger partial charge in [-0.1, -0.05) is 30.0 Å². The Hall–Kier alpha value is -2.83. The minimum atomic E-state index is -0.0862. The first-order valence-corrected chi connectivity index (χ1v) is 9.49. The Kier molecular flexibility index (Phi) is 6.24. The SMILES string of the molecule is N#CSc1ccc(NC(=O)CCSc2nnnn2-c2ccccc2)cc1. The van der Waals surface area contributed by atoms with Crippen molar-refractivity contribution < 1.29 is 4.79 Å². The van der Waals surface area contributed by atoms with Gasteiger partial charge in [0.1, 0.15) is 5.40 Å². The second-order valence-corrected chi connectivity index (χ2v) is 6.99. The zero-order valence-corrected chi connectivity index (χ0v) is 15.2. The number of rotatable bonds is 7. The highest BCUT2D eigenvalue weighted by Crippen LogP contribution is 2.20. The predicted molar refractivity (Wildman–Crippen MR) is 101 cm³/mol. The molecule has 26 heavy (non-hydrogen) atoms. The van der Waals surface area contributed by atoms with Crippen molar-refractivity contribution >= 4 is 35.1 Å². The Morgan fingerprint density at radius 2 is 1.92 bits per heavy atom. The van der Waals surface area contributed by atoms with E-state index in [4.69, 9.17) is 5.26 Å². The maximum Gasteiger partial charge on any atom is 0.225 e. The minimum absolute atomic E-state index is 0.0862.